The molecule has 0 radical (unpaired) electrons. The first kappa shape index (κ1) is 20.5. The van der Waals surface area contributed by atoms with Gasteiger partial charge in [0.25, 0.3) is 0 Å². The fourth-order valence-electron chi connectivity index (χ4n) is 3.06. The maximum absolute atomic E-state index is 12.1. The molecule has 1 aromatic rings. The van der Waals surface area contributed by atoms with Crippen LogP contribution in [0, 0.1) is 5.92 Å². The summed E-state index contributed by atoms with van der Waals surface area (Å²) in [6.45, 7) is 6.02. The number of carbonyl (C=O) groups excluding carboxylic acids is 1. The molecule has 0 aliphatic carbocycles. The molecule has 5 heteroatoms. The van der Waals surface area contributed by atoms with E-state index in [1.54, 1.807) is 7.05 Å². The smallest absolute Gasteiger partial charge is 0.410 e. The van der Waals surface area contributed by atoms with E-state index in [9.17, 15) is 4.79 Å². The lowest BCUT2D eigenvalue weighted by molar-refractivity contribution is 0.158. The van der Waals surface area contributed by atoms with E-state index in [1.165, 1.54) is 10.5 Å². The fourth-order valence-corrected chi connectivity index (χ4v) is 3.06. The Bertz CT molecular complexity index is 505. The number of hydrogen-bond acceptors (Lipinski definition) is 4. The Morgan fingerprint density at radius 3 is 2.58 bits per heavy atom. The number of amides is 1. The Morgan fingerprint density at radius 2 is 2.00 bits per heavy atom. The van der Waals surface area contributed by atoms with E-state index in [0.717, 1.165) is 13.0 Å². The largest absolute Gasteiger partial charge is 0.414 e. The quantitative estimate of drug-likeness (QED) is 0.752. The van der Waals surface area contributed by atoms with Crippen molar-refractivity contribution < 1.29 is 14.6 Å². The number of benzene rings is 1. The highest BCUT2D eigenvalue weighted by atomic mass is 16.6. The summed E-state index contributed by atoms with van der Waals surface area (Å²) in [5, 5.41) is 8.84. The molecule has 0 unspecified atom stereocenters. The van der Waals surface area contributed by atoms with Gasteiger partial charge < -0.3 is 19.6 Å². The van der Waals surface area contributed by atoms with Crippen LogP contribution in [0.2, 0.25) is 0 Å². The van der Waals surface area contributed by atoms with Crippen LogP contribution in [0.15, 0.2) is 24.3 Å². The summed E-state index contributed by atoms with van der Waals surface area (Å²) in [6, 6.07) is 7.83. The van der Waals surface area contributed by atoms with Crippen LogP contribution in [-0.4, -0.2) is 61.8 Å². The molecule has 5 nitrogen and oxygen atoms in total. The molecule has 1 rings (SSSR count). The second-order valence-electron chi connectivity index (χ2n) is 6.69. The molecule has 0 aliphatic rings. The predicted molar refractivity (Wildman–Crippen MR) is 97.5 cm³/mol. The zero-order valence-corrected chi connectivity index (χ0v) is 15.7. The molecule has 0 saturated heterocycles. The van der Waals surface area contributed by atoms with Gasteiger partial charge in [-0.2, -0.15) is 0 Å². The minimum Gasteiger partial charge on any atom is -0.410 e. The van der Waals surface area contributed by atoms with E-state index in [1.807, 2.05) is 18.2 Å². The summed E-state index contributed by atoms with van der Waals surface area (Å²) in [6.07, 6.45) is 1.20. The molecule has 0 saturated carbocycles. The van der Waals surface area contributed by atoms with Crippen LogP contribution in [0.5, 0.6) is 5.75 Å². The van der Waals surface area contributed by atoms with Crippen LogP contribution >= 0.6 is 0 Å². The third-order valence-electron chi connectivity index (χ3n) is 4.23. The van der Waals surface area contributed by atoms with Gasteiger partial charge in [-0.05, 0) is 56.5 Å². The Kier molecular flexibility index (Phi) is 8.79. The minimum atomic E-state index is -0.394. The van der Waals surface area contributed by atoms with E-state index in [0.29, 0.717) is 30.6 Å². The van der Waals surface area contributed by atoms with Gasteiger partial charge >= 0.3 is 6.09 Å². The number of rotatable bonds is 9. The molecule has 1 aromatic carbocycles. The molecule has 0 aliphatic heterocycles. The number of hydrogen-bond donors (Lipinski definition) is 1. The minimum absolute atomic E-state index is 0.0645. The normalized spacial score (nSPS) is 13.6. The number of aliphatic hydroxyl groups is 1. The predicted octanol–water partition coefficient (Wildman–Crippen LogP) is 3.19. The molecular formula is C19H32N2O3. The van der Waals surface area contributed by atoms with Crippen molar-refractivity contribution in [3.8, 4) is 5.75 Å². The molecule has 136 valence electrons. The molecule has 2 atom stereocenters. The summed E-state index contributed by atoms with van der Waals surface area (Å²) in [5.74, 6) is 1.52. The van der Waals surface area contributed by atoms with Crippen molar-refractivity contribution in [2.45, 2.75) is 32.6 Å². The topological polar surface area (TPSA) is 53.0 Å². The number of carbonyl (C=O) groups is 1. The van der Waals surface area contributed by atoms with Crippen molar-refractivity contribution in [3.05, 3.63) is 29.8 Å². The zero-order valence-electron chi connectivity index (χ0n) is 15.7. The first-order valence-electron chi connectivity index (χ1n) is 8.67. The van der Waals surface area contributed by atoms with E-state index in [4.69, 9.17) is 9.84 Å². The maximum atomic E-state index is 12.1. The Labute approximate surface area is 146 Å². The Morgan fingerprint density at radius 1 is 1.29 bits per heavy atom. The van der Waals surface area contributed by atoms with Gasteiger partial charge in [-0.3, -0.25) is 0 Å². The lowest BCUT2D eigenvalue weighted by atomic mass is 9.85. The van der Waals surface area contributed by atoms with Crippen molar-refractivity contribution in [2.24, 2.45) is 5.92 Å². The second kappa shape index (κ2) is 10.3. The first-order valence-corrected chi connectivity index (χ1v) is 8.67. The SMILES string of the molecule is CC[C@@H](c1cccc(OC(=O)N(C)CCCO)c1)[C@@H](C)CN(C)C. The van der Waals surface area contributed by atoms with E-state index in [-0.39, 0.29) is 6.61 Å². The van der Waals surface area contributed by atoms with Gasteiger partial charge in [0.1, 0.15) is 5.75 Å². The average molecular weight is 336 g/mol. The van der Waals surface area contributed by atoms with Crippen LogP contribution in [0.25, 0.3) is 0 Å². The van der Waals surface area contributed by atoms with Crippen molar-refractivity contribution >= 4 is 6.09 Å². The van der Waals surface area contributed by atoms with Crippen molar-refractivity contribution in [1.29, 1.82) is 0 Å². The monoisotopic (exact) mass is 336 g/mol. The second-order valence-corrected chi connectivity index (χ2v) is 6.69. The van der Waals surface area contributed by atoms with Crippen LogP contribution in [-0.2, 0) is 0 Å². The molecular weight excluding hydrogens is 304 g/mol. The van der Waals surface area contributed by atoms with E-state index < -0.39 is 6.09 Å². The van der Waals surface area contributed by atoms with E-state index in [2.05, 4.69) is 38.9 Å². The zero-order chi connectivity index (χ0) is 18.1. The van der Waals surface area contributed by atoms with Crippen LogP contribution in [0.1, 0.15) is 38.2 Å². The highest BCUT2D eigenvalue weighted by Crippen LogP contribution is 2.30. The number of nitrogens with zero attached hydrogens (tertiary/aromatic N) is 2. The molecule has 0 aromatic heterocycles. The van der Waals surface area contributed by atoms with Gasteiger partial charge in [-0.1, -0.05) is 26.0 Å². The molecule has 0 spiro atoms. The third-order valence-corrected chi connectivity index (χ3v) is 4.23. The molecule has 0 fully saturated rings. The lowest BCUT2D eigenvalue weighted by Crippen LogP contribution is -2.31. The van der Waals surface area contributed by atoms with Gasteiger partial charge in [0.2, 0.25) is 0 Å². The van der Waals surface area contributed by atoms with E-state index >= 15 is 0 Å². The van der Waals surface area contributed by atoms with Gasteiger partial charge in [0.15, 0.2) is 0 Å². The maximum Gasteiger partial charge on any atom is 0.414 e. The lowest BCUT2D eigenvalue weighted by Gasteiger charge is -2.26. The van der Waals surface area contributed by atoms with Crippen LogP contribution in [0.4, 0.5) is 4.79 Å². The number of aliphatic hydroxyl groups excluding tert-OH is 1. The summed E-state index contributed by atoms with van der Waals surface area (Å²) in [5.41, 5.74) is 1.20. The Balaban J connectivity index is 2.79. The van der Waals surface area contributed by atoms with Gasteiger partial charge in [0, 0.05) is 26.7 Å². The van der Waals surface area contributed by atoms with Crippen molar-refractivity contribution in [2.75, 3.05) is 40.8 Å². The van der Waals surface area contributed by atoms with Gasteiger partial charge in [0.05, 0.1) is 0 Å². The molecule has 0 heterocycles. The molecule has 1 N–H and O–H groups in total. The molecule has 24 heavy (non-hydrogen) atoms. The highest BCUT2D eigenvalue weighted by Gasteiger charge is 2.19. The van der Waals surface area contributed by atoms with Gasteiger partial charge in [-0.15, -0.1) is 0 Å². The fraction of sp³-hybridized carbons (Fsp3) is 0.632. The summed E-state index contributed by atoms with van der Waals surface area (Å²) in [4.78, 5) is 15.7. The Hall–Kier alpha value is -1.59. The average Bonchev–Trinajstić information content (AvgIpc) is 2.52. The first-order chi connectivity index (χ1) is 11.4. The summed E-state index contributed by atoms with van der Waals surface area (Å²) < 4.78 is 5.46. The van der Waals surface area contributed by atoms with Crippen LogP contribution < -0.4 is 4.74 Å². The van der Waals surface area contributed by atoms with Crippen molar-refractivity contribution in [3.63, 3.8) is 0 Å². The molecule has 1 amide bonds. The number of ether oxygens (including phenoxy) is 1. The van der Waals surface area contributed by atoms with Crippen LogP contribution in [0.3, 0.4) is 0 Å². The van der Waals surface area contributed by atoms with Crippen molar-refractivity contribution in [1.82, 2.24) is 9.80 Å². The standard InChI is InChI=1S/C19H32N2O3/c1-6-18(15(2)14-20(3)4)16-9-7-10-17(13-16)24-19(23)21(5)11-8-12-22/h7,9-10,13,15,18,22H,6,8,11-12,14H2,1-5H3/t15-,18+/m0/s1. The molecule has 0 bridgehead atoms. The van der Waals surface area contributed by atoms with Gasteiger partial charge in [-0.25, -0.2) is 4.79 Å². The summed E-state index contributed by atoms with van der Waals surface area (Å²) >= 11 is 0. The highest BCUT2D eigenvalue weighted by molar-refractivity contribution is 5.70. The third kappa shape index (κ3) is 6.49. The summed E-state index contributed by atoms with van der Waals surface area (Å²) in [7, 11) is 5.85.